The summed E-state index contributed by atoms with van der Waals surface area (Å²) in [5.41, 5.74) is 0.834. The van der Waals surface area contributed by atoms with Gasteiger partial charge in [0.05, 0.1) is 22.7 Å². The largest absolute Gasteiger partial charge is 0.430 e. The van der Waals surface area contributed by atoms with E-state index in [0.29, 0.717) is 29.4 Å². The zero-order valence-corrected chi connectivity index (χ0v) is 14.3. The van der Waals surface area contributed by atoms with E-state index in [0.717, 1.165) is 12.2 Å². The third-order valence-electron chi connectivity index (χ3n) is 4.71. The zero-order chi connectivity index (χ0) is 18.1. The van der Waals surface area contributed by atoms with Gasteiger partial charge in [-0.2, -0.15) is 5.10 Å². The van der Waals surface area contributed by atoms with E-state index in [4.69, 9.17) is 9.15 Å². The predicted molar refractivity (Wildman–Crippen MR) is 94.9 cm³/mol. The van der Waals surface area contributed by atoms with Crippen LogP contribution in [0.15, 0.2) is 52.0 Å². The molecule has 1 N–H and O–H groups in total. The number of carbonyl (C=O) groups excluding carboxylic acids is 1. The minimum Gasteiger partial charge on any atom is -0.430 e. The van der Waals surface area contributed by atoms with Gasteiger partial charge >= 0.3 is 5.63 Å². The highest BCUT2D eigenvalue weighted by atomic mass is 16.5. The van der Waals surface area contributed by atoms with Gasteiger partial charge in [0, 0.05) is 24.7 Å². The smallest absolute Gasteiger partial charge is 0.343 e. The standard InChI is InChI=1S/C19H19N3O4/c1-2-22-16(7-9-20-22)17-15(8-10-25-17)21-18(23)14-11-26-19(24)13-6-4-3-5-12(13)14/h3-7,9,11,15,17H,2,8,10H2,1H3,(H,21,23)/t15-,17-/m0/s1. The number of nitrogens with one attached hydrogen (secondary N) is 1. The summed E-state index contributed by atoms with van der Waals surface area (Å²) >= 11 is 0. The number of amides is 1. The monoisotopic (exact) mass is 353 g/mol. The van der Waals surface area contributed by atoms with Crippen LogP contribution in [0.1, 0.15) is 35.5 Å². The average molecular weight is 353 g/mol. The van der Waals surface area contributed by atoms with Gasteiger partial charge in [0.1, 0.15) is 12.4 Å². The summed E-state index contributed by atoms with van der Waals surface area (Å²) in [5.74, 6) is -0.284. The highest BCUT2D eigenvalue weighted by molar-refractivity contribution is 6.06. The van der Waals surface area contributed by atoms with E-state index in [9.17, 15) is 9.59 Å². The Bertz CT molecular complexity index is 1010. The van der Waals surface area contributed by atoms with Gasteiger partial charge in [-0.25, -0.2) is 4.79 Å². The lowest BCUT2D eigenvalue weighted by atomic mass is 10.0. The Morgan fingerprint density at radius 3 is 2.92 bits per heavy atom. The van der Waals surface area contributed by atoms with E-state index in [2.05, 4.69) is 10.4 Å². The van der Waals surface area contributed by atoms with Crippen LogP contribution >= 0.6 is 0 Å². The maximum Gasteiger partial charge on any atom is 0.343 e. The second kappa shape index (κ2) is 6.76. The molecule has 2 atom stereocenters. The van der Waals surface area contributed by atoms with E-state index in [1.165, 1.54) is 6.26 Å². The minimum atomic E-state index is -0.453. The van der Waals surface area contributed by atoms with Crippen molar-refractivity contribution >= 4 is 16.7 Å². The van der Waals surface area contributed by atoms with Crippen molar-refractivity contribution in [1.82, 2.24) is 15.1 Å². The van der Waals surface area contributed by atoms with Gasteiger partial charge in [-0.05, 0) is 25.5 Å². The normalized spacial score (nSPS) is 19.7. The molecule has 0 aliphatic carbocycles. The van der Waals surface area contributed by atoms with Gasteiger partial charge < -0.3 is 14.5 Å². The van der Waals surface area contributed by atoms with E-state index < -0.39 is 5.63 Å². The van der Waals surface area contributed by atoms with Crippen LogP contribution in [-0.2, 0) is 11.3 Å². The van der Waals surface area contributed by atoms with Crippen LogP contribution in [-0.4, -0.2) is 28.3 Å². The van der Waals surface area contributed by atoms with Crippen LogP contribution in [0.4, 0.5) is 0 Å². The Kier molecular flexibility index (Phi) is 4.30. The van der Waals surface area contributed by atoms with E-state index in [1.807, 2.05) is 17.7 Å². The number of aryl methyl sites for hydroxylation is 1. The van der Waals surface area contributed by atoms with E-state index in [-0.39, 0.29) is 18.1 Å². The molecule has 7 nitrogen and oxygen atoms in total. The number of ether oxygens (including phenoxy) is 1. The van der Waals surface area contributed by atoms with Crippen molar-refractivity contribution in [3.05, 3.63) is 64.5 Å². The molecule has 2 aromatic heterocycles. The second-order valence-corrected chi connectivity index (χ2v) is 6.21. The van der Waals surface area contributed by atoms with Gasteiger partial charge in [0.2, 0.25) is 0 Å². The molecule has 1 aliphatic rings. The topological polar surface area (TPSA) is 86.4 Å². The number of carbonyl (C=O) groups is 1. The molecule has 0 spiro atoms. The van der Waals surface area contributed by atoms with Gasteiger partial charge in [0.15, 0.2) is 0 Å². The fourth-order valence-electron chi connectivity index (χ4n) is 3.44. The third-order valence-corrected chi connectivity index (χ3v) is 4.71. The van der Waals surface area contributed by atoms with Crippen LogP contribution < -0.4 is 10.9 Å². The molecule has 1 saturated heterocycles. The molecular formula is C19H19N3O4. The summed E-state index contributed by atoms with van der Waals surface area (Å²) in [6.07, 6.45) is 3.42. The minimum absolute atomic E-state index is 0.171. The Balaban J connectivity index is 1.62. The average Bonchev–Trinajstić information content (AvgIpc) is 3.30. The summed E-state index contributed by atoms with van der Waals surface area (Å²) in [5, 5.41) is 8.28. The molecule has 4 rings (SSSR count). The van der Waals surface area contributed by atoms with Crippen molar-refractivity contribution in [2.24, 2.45) is 0 Å². The van der Waals surface area contributed by atoms with Crippen LogP contribution in [0, 0.1) is 0 Å². The Morgan fingerprint density at radius 1 is 1.31 bits per heavy atom. The molecule has 7 heteroatoms. The van der Waals surface area contributed by atoms with Gasteiger partial charge in [-0.1, -0.05) is 18.2 Å². The van der Waals surface area contributed by atoms with Crippen molar-refractivity contribution in [3.63, 3.8) is 0 Å². The lowest BCUT2D eigenvalue weighted by Gasteiger charge is -2.21. The number of hydrogen-bond donors (Lipinski definition) is 1. The Morgan fingerprint density at radius 2 is 2.12 bits per heavy atom. The number of fused-ring (bicyclic) bond motifs is 1. The van der Waals surface area contributed by atoms with Crippen LogP contribution in [0.3, 0.4) is 0 Å². The van der Waals surface area contributed by atoms with Crippen LogP contribution in [0.5, 0.6) is 0 Å². The molecule has 1 aliphatic heterocycles. The highest BCUT2D eigenvalue weighted by Gasteiger charge is 2.33. The molecule has 1 fully saturated rings. The first-order valence-electron chi connectivity index (χ1n) is 8.63. The summed E-state index contributed by atoms with van der Waals surface area (Å²) < 4.78 is 12.7. The fraction of sp³-hybridized carbons (Fsp3) is 0.316. The second-order valence-electron chi connectivity index (χ2n) is 6.21. The number of benzene rings is 1. The first-order chi connectivity index (χ1) is 12.7. The molecule has 1 amide bonds. The van der Waals surface area contributed by atoms with Crippen molar-refractivity contribution in [1.29, 1.82) is 0 Å². The quantitative estimate of drug-likeness (QED) is 0.777. The van der Waals surface area contributed by atoms with Crippen LogP contribution in [0.2, 0.25) is 0 Å². The van der Waals surface area contributed by atoms with Crippen molar-refractivity contribution in [3.8, 4) is 0 Å². The number of hydrogen-bond acceptors (Lipinski definition) is 5. The highest BCUT2D eigenvalue weighted by Crippen LogP contribution is 2.29. The summed E-state index contributed by atoms with van der Waals surface area (Å²) in [6.45, 7) is 3.31. The molecule has 3 heterocycles. The number of rotatable bonds is 4. The Labute approximate surface area is 149 Å². The zero-order valence-electron chi connectivity index (χ0n) is 14.3. The summed E-state index contributed by atoms with van der Waals surface area (Å²) in [6, 6.07) is 8.67. The van der Waals surface area contributed by atoms with Crippen molar-refractivity contribution in [2.75, 3.05) is 6.61 Å². The maximum atomic E-state index is 12.8. The predicted octanol–water partition coefficient (Wildman–Crippen LogP) is 2.27. The third kappa shape index (κ3) is 2.80. The molecule has 0 radical (unpaired) electrons. The lowest BCUT2D eigenvalue weighted by molar-refractivity contribution is 0.0788. The maximum absolute atomic E-state index is 12.8. The number of aromatic nitrogens is 2. The molecular weight excluding hydrogens is 334 g/mol. The van der Waals surface area contributed by atoms with Gasteiger partial charge in [-0.15, -0.1) is 0 Å². The first-order valence-corrected chi connectivity index (χ1v) is 8.63. The van der Waals surface area contributed by atoms with Crippen molar-refractivity contribution < 1.29 is 13.9 Å². The van der Waals surface area contributed by atoms with Crippen molar-refractivity contribution in [2.45, 2.75) is 32.0 Å². The van der Waals surface area contributed by atoms with Gasteiger partial charge in [-0.3, -0.25) is 9.48 Å². The molecule has 0 bridgehead atoms. The molecule has 0 unspecified atom stereocenters. The Hall–Kier alpha value is -2.93. The van der Waals surface area contributed by atoms with E-state index in [1.54, 1.807) is 30.5 Å². The lowest BCUT2D eigenvalue weighted by Crippen LogP contribution is -2.37. The SMILES string of the molecule is CCn1nccc1[C@H]1OCC[C@@H]1NC(=O)c1coc(=O)c2ccccc12. The molecule has 0 saturated carbocycles. The molecule has 26 heavy (non-hydrogen) atoms. The fourth-order valence-corrected chi connectivity index (χ4v) is 3.44. The first kappa shape index (κ1) is 16.5. The summed E-state index contributed by atoms with van der Waals surface area (Å²) in [4.78, 5) is 24.7. The molecule has 3 aromatic rings. The summed E-state index contributed by atoms with van der Waals surface area (Å²) in [7, 11) is 0. The van der Waals surface area contributed by atoms with E-state index >= 15 is 0 Å². The molecule has 1 aromatic carbocycles. The molecule has 134 valence electrons. The van der Waals surface area contributed by atoms with Crippen LogP contribution in [0.25, 0.3) is 10.8 Å². The number of nitrogens with zero attached hydrogens (tertiary/aromatic N) is 2. The van der Waals surface area contributed by atoms with Gasteiger partial charge in [0.25, 0.3) is 5.91 Å².